The Morgan fingerprint density at radius 2 is 1.63 bits per heavy atom. The molecular formula is C20H19ClN2O3S. The van der Waals surface area contributed by atoms with Crippen molar-refractivity contribution < 1.29 is 13.2 Å². The van der Waals surface area contributed by atoms with Gasteiger partial charge in [-0.05, 0) is 47.5 Å². The van der Waals surface area contributed by atoms with E-state index in [0.29, 0.717) is 23.9 Å². The standard InChI is InChI=1S/C20H19ClN2O3S/c21-19-12-16(6-11-20(19)26-14-15-4-2-1-3-5-15)13-23-17-7-9-18(10-8-17)27(22,24)25/h1-12,23H,13-14H2,(H2,22,24,25). The van der Waals surface area contributed by atoms with Crippen molar-refractivity contribution in [2.75, 3.05) is 5.32 Å². The van der Waals surface area contributed by atoms with Crippen molar-refractivity contribution in [2.45, 2.75) is 18.0 Å². The van der Waals surface area contributed by atoms with E-state index in [1.54, 1.807) is 12.1 Å². The summed E-state index contributed by atoms with van der Waals surface area (Å²) in [6, 6.07) is 21.7. The van der Waals surface area contributed by atoms with Gasteiger partial charge in [0.15, 0.2) is 0 Å². The summed E-state index contributed by atoms with van der Waals surface area (Å²) in [5.41, 5.74) is 2.83. The second-order valence-electron chi connectivity index (χ2n) is 5.96. The predicted molar refractivity (Wildman–Crippen MR) is 107 cm³/mol. The minimum absolute atomic E-state index is 0.0796. The molecule has 0 aliphatic carbocycles. The third-order valence-corrected chi connectivity index (χ3v) is 5.14. The molecular weight excluding hydrogens is 384 g/mol. The van der Waals surface area contributed by atoms with Crippen LogP contribution in [0.1, 0.15) is 11.1 Å². The maximum atomic E-state index is 11.3. The Kier molecular flexibility index (Phi) is 6.01. The van der Waals surface area contributed by atoms with Gasteiger partial charge in [0.1, 0.15) is 12.4 Å². The zero-order chi connectivity index (χ0) is 19.3. The molecule has 0 fully saturated rings. The fourth-order valence-corrected chi connectivity index (χ4v) is 3.25. The first-order valence-electron chi connectivity index (χ1n) is 8.24. The average Bonchev–Trinajstić information content (AvgIpc) is 2.66. The highest BCUT2D eigenvalue weighted by atomic mass is 35.5. The van der Waals surface area contributed by atoms with Gasteiger partial charge in [-0.15, -0.1) is 0 Å². The Morgan fingerprint density at radius 1 is 0.926 bits per heavy atom. The summed E-state index contributed by atoms with van der Waals surface area (Å²) < 4.78 is 28.3. The van der Waals surface area contributed by atoms with E-state index in [9.17, 15) is 8.42 Å². The van der Waals surface area contributed by atoms with Gasteiger partial charge in [0.2, 0.25) is 10.0 Å². The summed E-state index contributed by atoms with van der Waals surface area (Å²) in [6.07, 6.45) is 0. The van der Waals surface area contributed by atoms with Crippen LogP contribution in [0.4, 0.5) is 5.69 Å². The second-order valence-corrected chi connectivity index (χ2v) is 7.93. The smallest absolute Gasteiger partial charge is 0.238 e. The van der Waals surface area contributed by atoms with Crippen LogP contribution in [0.25, 0.3) is 0 Å². The molecule has 0 radical (unpaired) electrons. The van der Waals surface area contributed by atoms with Gasteiger partial charge in [-0.3, -0.25) is 0 Å². The minimum atomic E-state index is -3.68. The third-order valence-electron chi connectivity index (χ3n) is 3.91. The molecule has 3 aromatic carbocycles. The van der Waals surface area contributed by atoms with E-state index < -0.39 is 10.0 Å². The average molecular weight is 403 g/mol. The van der Waals surface area contributed by atoms with Gasteiger partial charge >= 0.3 is 0 Å². The number of primary sulfonamides is 1. The maximum Gasteiger partial charge on any atom is 0.238 e. The van der Waals surface area contributed by atoms with Crippen molar-refractivity contribution in [3.05, 3.63) is 88.9 Å². The summed E-state index contributed by atoms with van der Waals surface area (Å²) in [6.45, 7) is 0.988. The Morgan fingerprint density at radius 3 is 2.26 bits per heavy atom. The van der Waals surface area contributed by atoms with E-state index in [1.807, 2.05) is 48.5 Å². The number of anilines is 1. The van der Waals surface area contributed by atoms with E-state index in [0.717, 1.165) is 16.8 Å². The van der Waals surface area contributed by atoms with Gasteiger partial charge in [-0.25, -0.2) is 13.6 Å². The molecule has 0 aromatic heterocycles. The number of rotatable bonds is 7. The molecule has 0 amide bonds. The molecule has 0 bridgehead atoms. The molecule has 0 aliphatic rings. The lowest BCUT2D eigenvalue weighted by atomic mass is 10.2. The molecule has 0 saturated heterocycles. The van der Waals surface area contributed by atoms with Crippen molar-refractivity contribution in [3.8, 4) is 5.75 Å². The Hall–Kier alpha value is -2.54. The summed E-state index contributed by atoms with van der Waals surface area (Å²) in [4.78, 5) is 0.0796. The molecule has 3 aromatic rings. The number of benzene rings is 3. The molecule has 0 heterocycles. The van der Waals surface area contributed by atoms with Crippen LogP contribution in [0.5, 0.6) is 5.75 Å². The van der Waals surface area contributed by atoms with Gasteiger partial charge in [-0.2, -0.15) is 0 Å². The molecule has 0 saturated carbocycles. The maximum absolute atomic E-state index is 11.3. The topological polar surface area (TPSA) is 81.4 Å². The first-order chi connectivity index (χ1) is 12.9. The third kappa shape index (κ3) is 5.47. The summed E-state index contributed by atoms with van der Waals surface area (Å²) in [7, 11) is -3.68. The van der Waals surface area contributed by atoms with Crippen LogP contribution in [0, 0.1) is 0 Å². The van der Waals surface area contributed by atoms with Crippen molar-refractivity contribution in [1.82, 2.24) is 0 Å². The molecule has 140 valence electrons. The number of sulfonamides is 1. The highest BCUT2D eigenvalue weighted by Crippen LogP contribution is 2.27. The normalized spacial score (nSPS) is 11.2. The largest absolute Gasteiger partial charge is 0.487 e. The first-order valence-corrected chi connectivity index (χ1v) is 10.2. The van der Waals surface area contributed by atoms with E-state index in [4.69, 9.17) is 21.5 Å². The van der Waals surface area contributed by atoms with Crippen LogP contribution in [0.2, 0.25) is 5.02 Å². The first kappa shape index (κ1) is 19.2. The fraction of sp³-hybridized carbons (Fsp3) is 0.100. The zero-order valence-electron chi connectivity index (χ0n) is 14.4. The number of hydrogen-bond acceptors (Lipinski definition) is 4. The number of nitrogens with two attached hydrogens (primary N) is 1. The van der Waals surface area contributed by atoms with Gasteiger partial charge in [0, 0.05) is 12.2 Å². The molecule has 0 atom stereocenters. The molecule has 0 spiro atoms. The number of hydrogen-bond donors (Lipinski definition) is 2. The lowest BCUT2D eigenvalue weighted by molar-refractivity contribution is 0.306. The van der Waals surface area contributed by atoms with Crippen molar-refractivity contribution in [3.63, 3.8) is 0 Å². The van der Waals surface area contributed by atoms with Crippen molar-refractivity contribution >= 4 is 27.3 Å². The molecule has 27 heavy (non-hydrogen) atoms. The van der Waals surface area contributed by atoms with E-state index in [-0.39, 0.29) is 4.90 Å². The molecule has 0 aliphatic heterocycles. The Labute approximate surface area is 163 Å². The molecule has 3 N–H and O–H groups in total. The number of halogens is 1. The number of nitrogens with one attached hydrogen (secondary N) is 1. The van der Waals surface area contributed by atoms with E-state index >= 15 is 0 Å². The minimum Gasteiger partial charge on any atom is -0.487 e. The van der Waals surface area contributed by atoms with Gasteiger partial charge in [0.05, 0.1) is 9.92 Å². The summed E-state index contributed by atoms with van der Waals surface area (Å²) >= 11 is 6.31. The molecule has 5 nitrogen and oxygen atoms in total. The van der Waals surface area contributed by atoms with E-state index in [1.165, 1.54) is 12.1 Å². The van der Waals surface area contributed by atoms with Crippen LogP contribution in [0.3, 0.4) is 0 Å². The quantitative estimate of drug-likeness (QED) is 0.621. The second kappa shape index (κ2) is 8.43. The molecule has 0 unspecified atom stereocenters. The monoisotopic (exact) mass is 402 g/mol. The highest BCUT2D eigenvalue weighted by molar-refractivity contribution is 7.89. The fourth-order valence-electron chi connectivity index (χ4n) is 2.47. The van der Waals surface area contributed by atoms with Crippen LogP contribution >= 0.6 is 11.6 Å². The van der Waals surface area contributed by atoms with Crippen LogP contribution in [0.15, 0.2) is 77.7 Å². The van der Waals surface area contributed by atoms with Crippen LogP contribution < -0.4 is 15.2 Å². The van der Waals surface area contributed by atoms with Crippen LogP contribution in [-0.4, -0.2) is 8.42 Å². The highest BCUT2D eigenvalue weighted by Gasteiger charge is 2.07. The summed E-state index contributed by atoms with van der Waals surface area (Å²) in [5.74, 6) is 0.627. The van der Waals surface area contributed by atoms with Gasteiger partial charge in [-0.1, -0.05) is 48.0 Å². The van der Waals surface area contributed by atoms with Crippen molar-refractivity contribution in [2.24, 2.45) is 5.14 Å². The Bertz CT molecular complexity index is 1010. The van der Waals surface area contributed by atoms with Crippen LogP contribution in [-0.2, 0) is 23.2 Å². The van der Waals surface area contributed by atoms with Gasteiger partial charge in [0.25, 0.3) is 0 Å². The number of ether oxygens (including phenoxy) is 1. The van der Waals surface area contributed by atoms with Gasteiger partial charge < -0.3 is 10.1 Å². The predicted octanol–water partition coefficient (Wildman–Crippen LogP) is 4.18. The zero-order valence-corrected chi connectivity index (χ0v) is 16.0. The lowest BCUT2D eigenvalue weighted by Crippen LogP contribution is -2.12. The van der Waals surface area contributed by atoms with Crippen molar-refractivity contribution in [1.29, 1.82) is 0 Å². The lowest BCUT2D eigenvalue weighted by Gasteiger charge is -2.11. The molecule has 3 rings (SSSR count). The molecule has 7 heteroatoms. The van der Waals surface area contributed by atoms with E-state index in [2.05, 4.69) is 5.32 Å². The SMILES string of the molecule is NS(=O)(=O)c1ccc(NCc2ccc(OCc3ccccc3)c(Cl)c2)cc1. The summed E-state index contributed by atoms with van der Waals surface area (Å²) in [5, 5.41) is 8.84. The Balaban J connectivity index is 1.59.